The molecule has 0 saturated carbocycles. The molecular weight excluding hydrogens is 423 g/mol. The predicted octanol–water partition coefficient (Wildman–Crippen LogP) is 5.02. The first-order valence-corrected chi connectivity index (χ1v) is 11.6. The largest absolute Gasteiger partial charge is 0.321 e. The Morgan fingerprint density at radius 3 is 2.47 bits per heavy atom. The minimum absolute atomic E-state index is 0.0714. The minimum atomic E-state index is -4.05. The van der Waals surface area contributed by atoms with Gasteiger partial charge in [-0.3, -0.25) is 9.10 Å². The summed E-state index contributed by atoms with van der Waals surface area (Å²) in [6.45, 7) is 2.02. The number of carbonyl (C=O) groups is 1. The summed E-state index contributed by atoms with van der Waals surface area (Å²) in [5, 5.41) is 2.83. The second kappa shape index (κ2) is 9.32. The summed E-state index contributed by atoms with van der Waals surface area (Å²) in [4.78, 5) is 13.6. The lowest BCUT2D eigenvalue weighted by atomic mass is 10.2. The molecule has 156 valence electrons. The number of rotatable bonds is 7. The summed E-state index contributed by atoms with van der Waals surface area (Å²) >= 11 is 1.60. The van der Waals surface area contributed by atoms with Crippen LogP contribution in [0.5, 0.6) is 0 Å². The molecular formula is C22H21FN2O3S2. The Balaban J connectivity index is 1.89. The van der Waals surface area contributed by atoms with Gasteiger partial charge in [0.1, 0.15) is 5.82 Å². The van der Waals surface area contributed by atoms with E-state index in [0.717, 1.165) is 15.0 Å². The Hall–Kier alpha value is -2.84. The van der Waals surface area contributed by atoms with Crippen LogP contribution in [-0.4, -0.2) is 27.1 Å². The Labute approximate surface area is 180 Å². The first-order valence-electron chi connectivity index (χ1n) is 9.21. The normalized spacial score (nSPS) is 11.2. The van der Waals surface area contributed by atoms with E-state index in [1.807, 2.05) is 25.1 Å². The first-order chi connectivity index (χ1) is 14.3. The fraction of sp³-hybridized carbons (Fsp3) is 0.136. The molecule has 0 saturated heterocycles. The molecule has 3 aromatic carbocycles. The van der Waals surface area contributed by atoms with Gasteiger partial charge in [-0.2, -0.15) is 0 Å². The Kier molecular flexibility index (Phi) is 6.79. The van der Waals surface area contributed by atoms with E-state index in [1.165, 1.54) is 49.5 Å². The fourth-order valence-electron chi connectivity index (χ4n) is 2.84. The van der Waals surface area contributed by atoms with E-state index in [0.29, 0.717) is 5.69 Å². The predicted molar refractivity (Wildman–Crippen MR) is 119 cm³/mol. The zero-order chi connectivity index (χ0) is 21.7. The van der Waals surface area contributed by atoms with E-state index < -0.39 is 21.7 Å². The molecule has 30 heavy (non-hydrogen) atoms. The van der Waals surface area contributed by atoms with Gasteiger partial charge in [0, 0.05) is 17.5 Å². The highest BCUT2D eigenvalue weighted by atomic mass is 32.2. The van der Waals surface area contributed by atoms with Crippen LogP contribution < -0.4 is 9.62 Å². The summed E-state index contributed by atoms with van der Waals surface area (Å²) in [6, 6.07) is 18.7. The molecule has 0 aliphatic carbocycles. The summed E-state index contributed by atoms with van der Waals surface area (Å²) in [5.74, 6) is -0.226. The molecule has 0 atom stereocenters. The van der Waals surface area contributed by atoms with Gasteiger partial charge in [0.25, 0.3) is 15.9 Å². The van der Waals surface area contributed by atoms with Crippen LogP contribution >= 0.6 is 11.8 Å². The Morgan fingerprint density at radius 2 is 1.73 bits per heavy atom. The van der Waals surface area contributed by atoms with Gasteiger partial charge >= 0.3 is 0 Å². The third-order valence-corrected chi connectivity index (χ3v) is 7.10. The number of hydrogen-bond acceptors (Lipinski definition) is 4. The van der Waals surface area contributed by atoms with E-state index in [9.17, 15) is 17.6 Å². The number of para-hydroxylation sites is 2. The van der Waals surface area contributed by atoms with Crippen LogP contribution in [0.1, 0.15) is 17.3 Å². The van der Waals surface area contributed by atoms with Gasteiger partial charge in [-0.25, -0.2) is 12.8 Å². The maximum absolute atomic E-state index is 14.1. The second-order valence-corrected chi connectivity index (χ2v) is 9.61. The molecule has 1 N–H and O–H groups in total. The molecule has 5 nitrogen and oxygen atoms in total. The molecule has 1 amide bonds. The fourth-order valence-corrected chi connectivity index (χ4v) is 4.85. The molecule has 0 bridgehead atoms. The maximum Gasteiger partial charge on any atom is 0.264 e. The number of anilines is 2. The van der Waals surface area contributed by atoms with Gasteiger partial charge in [-0.15, -0.1) is 11.8 Å². The van der Waals surface area contributed by atoms with Crippen LogP contribution in [-0.2, 0) is 10.0 Å². The van der Waals surface area contributed by atoms with Gasteiger partial charge in [-0.1, -0.05) is 37.3 Å². The second-order valence-electron chi connectivity index (χ2n) is 6.34. The van der Waals surface area contributed by atoms with E-state index in [2.05, 4.69) is 5.32 Å². The summed E-state index contributed by atoms with van der Waals surface area (Å²) < 4.78 is 40.9. The Bertz CT molecular complexity index is 1170. The van der Waals surface area contributed by atoms with E-state index in [1.54, 1.807) is 23.9 Å². The highest BCUT2D eigenvalue weighted by Gasteiger charge is 2.24. The van der Waals surface area contributed by atoms with Crippen molar-refractivity contribution in [2.24, 2.45) is 0 Å². The van der Waals surface area contributed by atoms with Crippen molar-refractivity contribution in [2.45, 2.75) is 16.7 Å². The lowest BCUT2D eigenvalue weighted by Crippen LogP contribution is -2.27. The number of carbonyl (C=O) groups excluding carboxylic acids is 1. The van der Waals surface area contributed by atoms with Crippen LogP contribution in [0.4, 0.5) is 15.8 Å². The van der Waals surface area contributed by atoms with Crippen molar-refractivity contribution >= 4 is 39.1 Å². The van der Waals surface area contributed by atoms with Crippen molar-refractivity contribution in [1.29, 1.82) is 0 Å². The molecule has 0 aliphatic rings. The number of hydrogen-bond donors (Lipinski definition) is 1. The highest BCUT2D eigenvalue weighted by molar-refractivity contribution is 7.99. The molecule has 0 aliphatic heterocycles. The summed E-state index contributed by atoms with van der Waals surface area (Å²) in [7, 11) is -2.77. The van der Waals surface area contributed by atoms with Crippen LogP contribution in [0, 0.1) is 5.82 Å². The number of amides is 1. The molecule has 0 fully saturated rings. The highest BCUT2D eigenvalue weighted by Crippen LogP contribution is 2.28. The molecule has 0 unspecified atom stereocenters. The van der Waals surface area contributed by atoms with Crippen LogP contribution in [0.3, 0.4) is 0 Å². The molecule has 3 rings (SSSR count). The number of nitrogens with one attached hydrogen (secondary N) is 1. The lowest BCUT2D eigenvalue weighted by Gasteiger charge is -2.20. The standard InChI is InChI=1S/C22H21FN2O3S2/c1-3-29-21-14-7-5-12-19(21)24-22(26)16-9-8-10-17(15-16)30(27,28)25(2)20-13-6-4-11-18(20)23/h4-15H,3H2,1-2H3,(H,24,26). The van der Waals surface area contributed by atoms with Gasteiger partial charge in [0.2, 0.25) is 0 Å². The summed E-state index contributed by atoms with van der Waals surface area (Å²) in [6.07, 6.45) is 0. The van der Waals surface area contributed by atoms with Crippen molar-refractivity contribution < 1.29 is 17.6 Å². The van der Waals surface area contributed by atoms with Crippen molar-refractivity contribution in [3.05, 3.63) is 84.2 Å². The van der Waals surface area contributed by atoms with Crippen molar-refractivity contribution in [2.75, 3.05) is 22.4 Å². The monoisotopic (exact) mass is 444 g/mol. The molecule has 0 heterocycles. The number of halogens is 1. The smallest absolute Gasteiger partial charge is 0.264 e. The van der Waals surface area contributed by atoms with Crippen LogP contribution in [0.2, 0.25) is 0 Å². The Morgan fingerprint density at radius 1 is 1.03 bits per heavy atom. The SMILES string of the molecule is CCSc1ccccc1NC(=O)c1cccc(S(=O)(=O)N(C)c2ccccc2F)c1. The van der Waals surface area contributed by atoms with Crippen molar-refractivity contribution in [3.8, 4) is 0 Å². The van der Waals surface area contributed by atoms with Gasteiger partial charge in [-0.05, 0) is 48.2 Å². The van der Waals surface area contributed by atoms with Crippen LogP contribution in [0.25, 0.3) is 0 Å². The number of benzene rings is 3. The van der Waals surface area contributed by atoms with Crippen molar-refractivity contribution in [1.82, 2.24) is 0 Å². The van der Waals surface area contributed by atoms with Crippen molar-refractivity contribution in [3.63, 3.8) is 0 Å². The van der Waals surface area contributed by atoms with Gasteiger partial charge in [0.05, 0.1) is 16.3 Å². The van der Waals surface area contributed by atoms with E-state index in [4.69, 9.17) is 0 Å². The van der Waals surface area contributed by atoms with E-state index >= 15 is 0 Å². The first kappa shape index (κ1) is 21.9. The number of sulfonamides is 1. The molecule has 3 aromatic rings. The topological polar surface area (TPSA) is 66.5 Å². The summed E-state index contributed by atoms with van der Waals surface area (Å²) in [5.41, 5.74) is 0.776. The van der Waals surface area contributed by atoms with E-state index in [-0.39, 0.29) is 16.1 Å². The zero-order valence-electron chi connectivity index (χ0n) is 16.5. The van der Waals surface area contributed by atoms with Gasteiger partial charge < -0.3 is 5.32 Å². The third-order valence-electron chi connectivity index (χ3n) is 4.38. The van der Waals surface area contributed by atoms with Crippen LogP contribution in [0.15, 0.2) is 82.6 Å². The molecule has 0 aromatic heterocycles. The molecule has 8 heteroatoms. The molecule has 0 spiro atoms. The minimum Gasteiger partial charge on any atom is -0.321 e. The average molecular weight is 445 g/mol. The van der Waals surface area contributed by atoms with Gasteiger partial charge in [0.15, 0.2) is 0 Å². The maximum atomic E-state index is 14.1. The zero-order valence-corrected chi connectivity index (χ0v) is 18.1. The number of nitrogens with zero attached hydrogens (tertiary/aromatic N) is 1. The average Bonchev–Trinajstić information content (AvgIpc) is 2.75. The number of thioether (sulfide) groups is 1. The third kappa shape index (κ3) is 4.66. The molecule has 0 radical (unpaired) electrons. The lowest BCUT2D eigenvalue weighted by molar-refractivity contribution is 0.102. The quantitative estimate of drug-likeness (QED) is 0.520.